The number of nitrogens with zero attached hydrogens (tertiary/aromatic N) is 5. The summed E-state index contributed by atoms with van der Waals surface area (Å²) in [5.74, 6) is -0.503. The second-order valence-corrected chi connectivity index (χ2v) is 8.64. The second-order valence-electron chi connectivity index (χ2n) is 8.64. The van der Waals surface area contributed by atoms with E-state index >= 15 is 0 Å². The Kier molecular flexibility index (Phi) is 4.40. The van der Waals surface area contributed by atoms with Crippen LogP contribution in [0.2, 0.25) is 0 Å². The molecule has 164 valence electrons. The number of hydrogen-bond acceptors (Lipinski definition) is 4. The molecule has 0 unspecified atom stereocenters. The van der Waals surface area contributed by atoms with Crippen molar-refractivity contribution < 1.29 is 23.1 Å². The van der Waals surface area contributed by atoms with E-state index in [9.17, 15) is 23.1 Å². The summed E-state index contributed by atoms with van der Waals surface area (Å²) in [5, 5.41) is 16.2. The van der Waals surface area contributed by atoms with E-state index in [4.69, 9.17) is 0 Å². The molecule has 31 heavy (non-hydrogen) atoms. The first-order valence-electron chi connectivity index (χ1n) is 10.2. The molecule has 5 rings (SSSR count). The molecule has 10 heteroatoms. The van der Waals surface area contributed by atoms with Crippen LogP contribution < -0.4 is 0 Å². The van der Waals surface area contributed by atoms with E-state index in [1.807, 2.05) is 22.9 Å². The van der Waals surface area contributed by atoms with E-state index in [-0.39, 0.29) is 17.8 Å². The average molecular weight is 433 g/mol. The molecule has 2 aliphatic heterocycles. The first-order chi connectivity index (χ1) is 14.6. The van der Waals surface area contributed by atoms with Crippen LogP contribution in [0.4, 0.5) is 13.2 Å². The van der Waals surface area contributed by atoms with Crippen LogP contribution in [0.3, 0.4) is 0 Å². The first-order valence-corrected chi connectivity index (χ1v) is 10.2. The van der Waals surface area contributed by atoms with E-state index in [1.54, 1.807) is 17.3 Å². The fraction of sp³-hybridized carbons (Fsp3) is 0.476. The molecule has 3 aromatic rings. The van der Waals surface area contributed by atoms with Gasteiger partial charge in [0.1, 0.15) is 5.69 Å². The van der Waals surface area contributed by atoms with Gasteiger partial charge in [-0.2, -0.15) is 18.3 Å². The minimum Gasteiger partial charge on any atom is -0.388 e. The van der Waals surface area contributed by atoms with Crippen LogP contribution in [-0.4, -0.2) is 52.9 Å². The summed E-state index contributed by atoms with van der Waals surface area (Å²) in [6.45, 7) is 0.374. The molecule has 0 radical (unpaired) electrons. The third kappa shape index (κ3) is 3.38. The Balaban J connectivity index is 1.37. The van der Waals surface area contributed by atoms with Gasteiger partial charge in [-0.1, -0.05) is 0 Å². The van der Waals surface area contributed by atoms with Crippen molar-refractivity contribution in [3.63, 3.8) is 0 Å². The quantitative estimate of drug-likeness (QED) is 0.689. The van der Waals surface area contributed by atoms with Crippen molar-refractivity contribution in [1.82, 2.24) is 24.2 Å². The van der Waals surface area contributed by atoms with E-state index in [1.165, 1.54) is 7.05 Å². The molecule has 3 aromatic heterocycles. The molecule has 0 saturated carbocycles. The Labute approximate surface area is 176 Å². The van der Waals surface area contributed by atoms with Gasteiger partial charge in [0.25, 0.3) is 5.91 Å². The minimum atomic E-state index is -4.57. The van der Waals surface area contributed by atoms with Crippen LogP contribution >= 0.6 is 0 Å². The summed E-state index contributed by atoms with van der Waals surface area (Å²) in [5.41, 5.74) is -1.24. The number of aliphatic hydroxyl groups is 1. The van der Waals surface area contributed by atoms with Crippen molar-refractivity contribution >= 4 is 16.8 Å². The number of halogens is 3. The number of alkyl halides is 3. The molecular formula is C21H22F3N5O2. The number of carbonyl (C=O) groups excluding carboxylic acids is 1. The molecule has 1 amide bonds. The zero-order chi connectivity index (χ0) is 22.0. The fourth-order valence-electron chi connectivity index (χ4n) is 5.24. The lowest BCUT2D eigenvalue weighted by Crippen LogP contribution is -2.54. The number of carbonyl (C=O) groups is 1. The summed E-state index contributed by atoms with van der Waals surface area (Å²) in [4.78, 5) is 18.8. The van der Waals surface area contributed by atoms with Gasteiger partial charge in [-0.05, 0) is 37.8 Å². The molecule has 7 nitrogen and oxygen atoms in total. The van der Waals surface area contributed by atoms with Gasteiger partial charge in [0.2, 0.25) is 0 Å². The lowest BCUT2D eigenvalue weighted by Gasteiger charge is -2.43. The molecular weight excluding hydrogens is 411 g/mol. The SMILES string of the molecule is Cn1nc(C(=O)N2[C@@H]3CC[C@@H]2CC(O)(Cn2ccc4ccncc42)C3)cc1C(F)(F)F. The summed E-state index contributed by atoms with van der Waals surface area (Å²) in [7, 11) is 1.18. The van der Waals surface area contributed by atoms with Gasteiger partial charge in [0.15, 0.2) is 5.69 Å². The fourth-order valence-corrected chi connectivity index (χ4v) is 5.24. The van der Waals surface area contributed by atoms with Crippen LogP contribution in [-0.2, 0) is 19.8 Å². The highest BCUT2D eigenvalue weighted by atomic mass is 19.4. The van der Waals surface area contributed by atoms with Crippen molar-refractivity contribution in [3.05, 3.63) is 48.2 Å². The van der Waals surface area contributed by atoms with Crippen molar-refractivity contribution in [2.75, 3.05) is 0 Å². The predicted octanol–water partition coefficient (Wildman–Crippen LogP) is 2.99. The molecule has 0 spiro atoms. The Hall–Kier alpha value is -2.88. The van der Waals surface area contributed by atoms with Gasteiger partial charge in [0.05, 0.1) is 23.9 Å². The van der Waals surface area contributed by atoms with Crippen molar-refractivity contribution in [3.8, 4) is 0 Å². The van der Waals surface area contributed by atoms with Crippen LogP contribution in [0, 0.1) is 0 Å². The molecule has 0 aromatic carbocycles. The second kappa shape index (κ2) is 6.81. The summed E-state index contributed by atoms with van der Waals surface area (Å²) in [6, 6.07) is 4.22. The highest BCUT2D eigenvalue weighted by Gasteiger charge is 2.50. The van der Waals surface area contributed by atoms with Crippen molar-refractivity contribution in [2.24, 2.45) is 7.05 Å². The van der Waals surface area contributed by atoms with Gasteiger partial charge in [-0.3, -0.25) is 14.5 Å². The number of piperidine rings is 1. The molecule has 2 bridgehead atoms. The van der Waals surface area contributed by atoms with Crippen LogP contribution in [0.25, 0.3) is 10.9 Å². The number of pyridine rings is 1. The predicted molar refractivity (Wildman–Crippen MR) is 105 cm³/mol. The highest BCUT2D eigenvalue weighted by molar-refractivity contribution is 5.93. The maximum atomic E-state index is 13.1. The standard InChI is InChI=1S/C21H22F3N5O2/c1-27-18(21(22,23)24)8-16(26-27)19(30)29-14-2-3-15(29)10-20(31,9-14)12-28-7-5-13-4-6-25-11-17(13)28/h4-8,11,14-15,31H,2-3,9-10,12H2,1H3/t14-,15-/m1/s1. The van der Waals surface area contributed by atoms with Gasteiger partial charge in [0, 0.05) is 43.0 Å². The number of hydrogen-bond donors (Lipinski definition) is 1. The van der Waals surface area contributed by atoms with Crippen LogP contribution in [0.15, 0.2) is 36.8 Å². The number of aromatic nitrogens is 4. The van der Waals surface area contributed by atoms with E-state index in [0.29, 0.717) is 36.9 Å². The van der Waals surface area contributed by atoms with E-state index < -0.39 is 23.4 Å². The molecule has 5 heterocycles. The number of rotatable bonds is 3. The van der Waals surface area contributed by atoms with Gasteiger partial charge < -0.3 is 14.6 Å². The zero-order valence-corrected chi connectivity index (χ0v) is 16.9. The van der Waals surface area contributed by atoms with Crippen LogP contribution in [0.5, 0.6) is 0 Å². The average Bonchev–Trinajstić information content (AvgIpc) is 3.36. The molecule has 2 aliphatic rings. The smallest absolute Gasteiger partial charge is 0.388 e. The monoisotopic (exact) mass is 433 g/mol. The third-order valence-electron chi connectivity index (χ3n) is 6.52. The maximum absolute atomic E-state index is 13.1. The van der Waals surface area contributed by atoms with Crippen molar-refractivity contribution in [2.45, 2.75) is 56.1 Å². The molecule has 2 fully saturated rings. The number of amides is 1. The number of aryl methyl sites for hydroxylation is 1. The van der Waals surface area contributed by atoms with E-state index in [2.05, 4.69) is 10.1 Å². The Morgan fingerprint density at radius 3 is 2.61 bits per heavy atom. The highest BCUT2D eigenvalue weighted by Crippen LogP contribution is 2.43. The molecule has 2 atom stereocenters. The summed E-state index contributed by atoms with van der Waals surface area (Å²) < 4.78 is 42.0. The van der Waals surface area contributed by atoms with E-state index in [0.717, 1.165) is 17.0 Å². The topological polar surface area (TPSA) is 76.2 Å². The Morgan fingerprint density at radius 1 is 1.26 bits per heavy atom. The normalized spacial score (nSPS) is 26.0. The van der Waals surface area contributed by atoms with Crippen LogP contribution in [0.1, 0.15) is 41.9 Å². The third-order valence-corrected chi connectivity index (χ3v) is 6.52. The largest absolute Gasteiger partial charge is 0.433 e. The first kappa shape index (κ1) is 20.0. The molecule has 0 aliphatic carbocycles. The zero-order valence-electron chi connectivity index (χ0n) is 16.9. The summed E-state index contributed by atoms with van der Waals surface area (Å²) >= 11 is 0. The lowest BCUT2D eigenvalue weighted by molar-refractivity contribution is -0.143. The molecule has 2 saturated heterocycles. The van der Waals surface area contributed by atoms with Gasteiger partial charge in [-0.25, -0.2) is 0 Å². The minimum absolute atomic E-state index is 0.209. The lowest BCUT2D eigenvalue weighted by atomic mass is 9.85. The van der Waals surface area contributed by atoms with Gasteiger partial charge in [-0.15, -0.1) is 0 Å². The maximum Gasteiger partial charge on any atom is 0.433 e. The molecule has 1 N–H and O–H groups in total. The summed E-state index contributed by atoms with van der Waals surface area (Å²) in [6.07, 6.45) is 2.98. The van der Waals surface area contributed by atoms with Crippen molar-refractivity contribution in [1.29, 1.82) is 0 Å². The Bertz CT molecular complexity index is 1140. The number of fused-ring (bicyclic) bond motifs is 3. The Morgan fingerprint density at radius 2 is 1.97 bits per heavy atom. The van der Waals surface area contributed by atoms with Gasteiger partial charge >= 0.3 is 6.18 Å².